The van der Waals surface area contributed by atoms with Crippen LogP contribution in [0.1, 0.15) is 36.5 Å². The van der Waals surface area contributed by atoms with Gasteiger partial charge in [0.25, 0.3) is 0 Å². The molecule has 1 saturated heterocycles. The van der Waals surface area contributed by atoms with Gasteiger partial charge in [0.15, 0.2) is 0 Å². The highest BCUT2D eigenvalue weighted by Crippen LogP contribution is 2.14. The zero-order chi connectivity index (χ0) is 20.6. The first kappa shape index (κ1) is 21.1. The summed E-state index contributed by atoms with van der Waals surface area (Å²) in [5, 5.41) is 2.76. The molecule has 0 atom stereocenters. The van der Waals surface area contributed by atoms with E-state index in [9.17, 15) is 9.59 Å². The van der Waals surface area contributed by atoms with Crippen molar-refractivity contribution < 1.29 is 14.5 Å². The maximum absolute atomic E-state index is 12.4. The zero-order valence-corrected chi connectivity index (χ0v) is 17.5. The summed E-state index contributed by atoms with van der Waals surface area (Å²) in [5.41, 5.74) is 3.67. The first-order chi connectivity index (χ1) is 14.0. The molecule has 2 amide bonds. The maximum Gasteiger partial charge on any atom is 0.242 e. The number of carbonyl (C=O) groups excluding carboxylic acids is 2. The van der Waals surface area contributed by atoms with E-state index in [1.807, 2.05) is 35.2 Å². The van der Waals surface area contributed by atoms with E-state index in [1.165, 1.54) is 16.0 Å². The van der Waals surface area contributed by atoms with Gasteiger partial charge in [0.05, 0.1) is 39.1 Å². The largest absolute Gasteiger partial charge is 0.347 e. The molecule has 5 heteroatoms. The molecule has 1 fully saturated rings. The summed E-state index contributed by atoms with van der Waals surface area (Å²) in [5.74, 6) is 0.449. The van der Waals surface area contributed by atoms with Gasteiger partial charge < -0.3 is 15.1 Å². The molecule has 154 valence electrons. The monoisotopic (exact) mass is 394 g/mol. The van der Waals surface area contributed by atoms with Crippen molar-refractivity contribution in [2.45, 2.75) is 32.7 Å². The Kier molecular flexibility index (Phi) is 7.42. The Morgan fingerprint density at radius 1 is 0.966 bits per heavy atom. The SMILES string of the molecule is CC(C)c1ccc(C[NH+]2CCN(C(=O)CNC(=O)Cc3ccccc3)CC2)cc1. The van der Waals surface area contributed by atoms with Crippen LogP contribution in [0.4, 0.5) is 0 Å². The fourth-order valence-electron chi connectivity index (χ4n) is 3.69. The first-order valence-corrected chi connectivity index (χ1v) is 10.5. The van der Waals surface area contributed by atoms with E-state index in [2.05, 4.69) is 43.4 Å². The average Bonchev–Trinajstić information content (AvgIpc) is 2.74. The van der Waals surface area contributed by atoms with Gasteiger partial charge in [-0.15, -0.1) is 0 Å². The maximum atomic E-state index is 12.4. The van der Waals surface area contributed by atoms with Crippen LogP contribution in [0.15, 0.2) is 54.6 Å². The molecule has 0 aromatic heterocycles. The third-order valence-corrected chi connectivity index (χ3v) is 5.57. The molecular weight excluding hydrogens is 362 g/mol. The third kappa shape index (κ3) is 6.43. The van der Waals surface area contributed by atoms with E-state index in [1.54, 1.807) is 0 Å². The first-order valence-electron chi connectivity index (χ1n) is 10.5. The van der Waals surface area contributed by atoms with E-state index in [4.69, 9.17) is 0 Å². The number of amides is 2. The molecule has 1 aliphatic rings. The molecule has 2 N–H and O–H groups in total. The number of carbonyl (C=O) groups is 2. The Hall–Kier alpha value is -2.66. The average molecular weight is 395 g/mol. The van der Waals surface area contributed by atoms with Crippen molar-refractivity contribution in [2.24, 2.45) is 0 Å². The molecule has 3 rings (SSSR count). The fraction of sp³-hybridized carbons (Fsp3) is 0.417. The summed E-state index contributed by atoms with van der Waals surface area (Å²) in [6, 6.07) is 18.5. The predicted molar refractivity (Wildman–Crippen MR) is 115 cm³/mol. The lowest BCUT2D eigenvalue weighted by atomic mass is 10.0. The van der Waals surface area contributed by atoms with Gasteiger partial charge in [-0.1, -0.05) is 68.4 Å². The summed E-state index contributed by atoms with van der Waals surface area (Å²) < 4.78 is 0. The molecule has 0 saturated carbocycles. The molecule has 0 unspecified atom stereocenters. The second kappa shape index (κ2) is 10.2. The van der Waals surface area contributed by atoms with Crippen LogP contribution >= 0.6 is 0 Å². The third-order valence-electron chi connectivity index (χ3n) is 5.57. The Labute approximate surface area is 173 Å². The normalized spacial score (nSPS) is 14.8. The Morgan fingerprint density at radius 3 is 2.24 bits per heavy atom. The van der Waals surface area contributed by atoms with E-state index in [0.29, 0.717) is 12.3 Å². The number of benzene rings is 2. The summed E-state index contributed by atoms with van der Waals surface area (Å²) in [7, 11) is 0. The molecule has 2 aromatic carbocycles. The quantitative estimate of drug-likeness (QED) is 0.746. The number of hydrogen-bond donors (Lipinski definition) is 2. The van der Waals surface area contributed by atoms with E-state index in [0.717, 1.165) is 38.3 Å². The Morgan fingerprint density at radius 2 is 1.62 bits per heavy atom. The molecule has 1 aliphatic heterocycles. The minimum Gasteiger partial charge on any atom is -0.347 e. The topological polar surface area (TPSA) is 53.9 Å². The van der Waals surface area contributed by atoms with E-state index < -0.39 is 0 Å². The van der Waals surface area contributed by atoms with Crippen molar-refractivity contribution in [3.63, 3.8) is 0 Å². The molecule has 2 aromatic rings. The van der Waals surface area contributed by atoms with E-state index >= 15 is 0 Å². The summed E-state index contributed by atoms with van der Waals surface area (Å²) >= 11 is 0. The van der Waals surface area contributed by atoms with Crippen molar-refractivity contribution in [1.82, 2.24) is 10.2 Å². The number of quaternary nitrogens is 1. The van der Waals surface area contributed by atoms with Crippen LogP contribution in [-0.4, -0.2) is 49.4 Å². The number of rotatable bonds is 7. The standard InChI is InChI=1S/C24H31N3O2/c1-19(2)22-10-8-21(9-11-22)18-26-12-14-27(15-13-26)24(29)17-25-23(28)16-20-6-4-3-5-7-20/h3-11,19H,12-18H2,1-2H3,(H,25,28)/p+1. The van der Waals surface area contributed by atoms with Crippen molar-refractivity contribution in [3.05, 3.63) is 71.3 Å². The molecule has 5 nitrogen and oxygen atoms in total. The molecule has 0 spiro atoms. The van der Waals surface area contributed by atoms with E-state index in [-0.39, 0.29) is 18.4 Å². The lowest BCUT2D eigenvalue weighted by Crippen LogP contribution is -3.13. The zero-order valence-electron chi connectivity index (χ0n) is 17.5. The lowest BCUT2D eigenvalue weighted by molar-refractivity contribution is -0.917. The van der Waals surface area contributed by atoms with Crippen molar-refractivity contribution >= 4 is 11.8 Å². The van der Waals surface area contributed by atoms with Crippen molar-refractivity contribution in [1.29, 1.82) is 0 Å². The van der Waals surface area contributed by atoms with Crippen LogP contribution in [-0.2, 0) is 22.6 Å². The van der Waals surface area contributed by atoms with Crippen LogP contribution in [0.25, 0.3) is 0 Å². The second-order valence-corrected chi connectivity index (χ2v) is 8.14. The van der Waals surface area contributed by atoms with Crippen LogP contribution in [0.3, 0.4) is 0 Å². The highest BCUT2D eigenvalue weighted by atomic mass is 16.2. The van der Waals surface area contributed by atoms with Crippen LogP contribution < -0.4 is 10.2 Å². The Balaban J connectivity index is 1.38. The highest BCUT2D eigenvalue weighted by Gasteiger charge is 2.23. The smallest absolute Gasteiger partial charge is 0.242 e. The van der Waals surface area contributed by atoms with Crippen molar-refractivity contribution in [2.75, 3.05) is 32.7 Å². The van der Waals surface area contributed by atoms with Gasteiger partial charge in [-0.2, -0.15) is 0 Å². The minimum atomic E-state index is -0.112. The summed E-state index contributed by atoms with van der Waals surface area (Å²) in [6.07, 6.45) is 0.307. The van der Waals surface area contributed by atoms with Gasteiger partial charge in [-0.25, -0.2) is 0 Å². The molecule has 0 radical (unpaired) electrons. The van der Waals surface area contributed by atoms with Crippen molar-refractivity contribution in [3.8, 4) is 0 Å². The molecule has 0 bridgehead atoms. The van der Waals surface area contributed by atoms with Crippen LogP contribution in [0.5, 0.6) is 0 Å². The minimum absolute atomic E-state index is 0.00625. The lowest BCUT2D eigenvalue weighted by Gasteiger charge is -2.32. The Bertz CT molecular complexity index is 795. The molecule has 29 heavy (non-hydrogen) atoms. The number of piperazine rings is 1. The van der Waals surface area contributed by atoms with Crippen LogP contribution in [0, 0.1) is 0 Å². The summed E-state index contributed by atoms with van der Waals surface area (Å²) in [4.78, 5) is 27.8. The fourth-order valence-corrected chi connectivity index (χ4v) is 3.69. The number of nitrogens with zero attached hydrogens (tertiary/aromatic N) is 1. The molecule has 0 aliphatic carbocycles. The van der Waals surface area contributed by atoms with Gasteiger partial charge in [0.1, 0.15) is 6.54 Å². The number of hydrogen-bond acceptors (Lipinski definition) is 2. The van der Waals surface area contributed by atoms with Crippen LogP contribution in [0.2, 0.25) is 0 Å². The van der Waals surface area contributed by atoms with Gasteiger partial charge in [-0.3, -0.25) is 9.59 Å². The van der Waals surface area contributed by atoms with Gasteiger partial charge in [0.2, 0.25) is 11.8 Å². The second-order valence-electron chi connectivity index (χ2n) is 8.14. The number of nitrogens with one attached hydrogen (secondary N) is 2. The molecule has 1 heterocycles. The van der Waals surface area contributed by atoms with Gasteiger partial charge in [-0.05, 0) is 17.0 Å². The summed E-state index contributed by atoms with van der Waals surface area (Å²) in [6.45, 7) is 8.86. The van der Waals surface area contributed by atoms with Gasteiger partial charge in [0, 0.05) is 5.56 Å². The highest BCUT2D eigenvalue weighted by molar-refractivity contribution is 5.85. The predicted octanol–water partition coefficient (Wildman–Crippen LogP) is 1.40. The molecular formula is C24H32N3O2+. The van der Waals surface area contributed by atoms with Gasteiger partial charge >= 0.3 is 0 Å².